The second kappa shape index (κ2) is 8.26. The molecule has 2 aromatic rings. The van der Waals surface area contributed by atoms with Crippen LogP contribution in [0.4, 0.5) is 4.39 Å². The lowest BCUT2D eigenvalue weighted by atomic mass is 9.99. The van der Waals surface area contributed by atoms with Crippen LogP contribution in [0.15, 0.2) is 36.4 Å². The van der Waals surface area contributed by atoms with Gasteiger partial charge in [0.1, 0.15) is 5.82 Å². The summed E-state index contributed by atoms with van der Waals surface area (Å²) in [5.41, 5.74) is 3.29. The molecule has 25 heavy (non-hydrogen) atoms. The van der Waals surface area contributed by atoms with Crippen LogP contribution in [0.3, 0.4) is 0 Å². The third kappa shape index (κ3) is 5.13. The van der Waals surface area contributed by atoms with Gasteiger partial charge in [-0.05, 0) is 50.1 Å². The molecule has 0 heterocycles. The van der Waals surface area contributed by atoms with Crippen LogP contribution in [0.2, 0.25) is 5.02 Å². The average molecular weight is 362 g/mol. The molecule has 5 heteroatoms. The zero-order valence-corrected chi connectivity index (χ0v) is 15.3. The van der Waals surface area contributed by atoms with Gasteiger partial charge in [-0.25, -0.2) is 4.39 Å². The molecule has 0 aliphatic rings. The largest absolute Gasteiger partial charge is 0.350 e. The molecule has 0 aliphatic heterocycles. The molecule has 1 N–H and O–H groups in total. The van der Waals surface area contributed by atoms with Crippen LogP contribution in [-0.2, 0) is 4.79 Å². The second-order valence-electron chi connectivity index (χ2n) is 6.20. The molecule has 3 nitrogen and oxygen atoms in total. The van der Waals surface area contributed by atoms with E-state index in [0.717, 1.165) is 11.1 Å². The van der Waals surface area contributed by atoms with Crippen molar-refractivity contribution in [2.75, 3.05) is 0 Å². The highest BCUT2D eigenvalue weighted by atomic mass is 35.5. The van der Waals surface area contributed by atoms with Crippen molar-refractivity contribution in [1.29, 1.82) is 0 Å². The molecule has 0 aliphatic carbocycles. The molecule has 0 saturated carbocycles. The fourth-order valence-electron chi connectivity index (χ4n) is 2.58. The Morgan fingerprint density at radius 3 is 2.52 bits per heavy atom. The maximum Gasteiger partial charge on any atom is 0.220 e. The Hall–Kier alpha value is -2.20. The predicted octanol–water partition coefficient (Wildman–Crippen LogP) is 4.94. The Morgan fingerprint density at radius 1 is 1.12 bits per heavy atom. The Bertz CT molecular complexity index is 804. The van der Waals surface area contributed by atoms with Gasteiger partial charge < -0.3 is 5.32 Å². The van der Waals surface area contributed by atoms with Gasteiger partial charge in [0.05, 0.1) is 11.1 Å². The maximum atomic E-state index is 13.2. The number of halogens is 2. The van der Waals surface area contributed by atoms with Gasteiger partial charge in [0.2, 0.25) is 5.91 Å². The quantitative estimate of drug-likeness (QED) is 0.741. The van der Waals surface area contributed by atoms with Crippen molar-refractivity contribution in [2.45, 2.75) is 39.7 Å². The monoisotopic (exact) mass is 361 g/mol. The number of benzene rings is 2. The van der Waals surface area contributed by atoms with E-state index in [4.69, 9.17) is 11.6 Å². The van der Waals surface area contributed by atoms with Crippen LogP contribution in [0.5, 0.6) is 0 Å². The van der Waals surface area contributed by atoms with Gasteiger partial charge >= 0.3 is 0 Å². The van der Waals surface area contributed by atoms with E-state index in [1.807, 2.05) is 32.0 Å². The molecule has 2 rings (SSSR count). The zero-order chi connectivity index (χ0) is 18.6. The summed E-state index contributed by atoms with van der Waals surface area (Å²) >= 11 is 5.76. The van der Waals surface area contributed by atoms with Crippen LogP contribution in [-0.4, -0.2) is 11.7 Å². The minimum absolute atomic E-state index is 0.0173. The van der Waals surface area contributed by atoms with Crippen LogP contribution in [0.25, 0.3) is 0 Å². The van der Waals surface area contributed by atoms with Crippen LogP contribution in [0, 0.1) is 19.7 Å². The summed E-state index contributed by atoms with van der Waals surface area (Å²) in [5.74, 6) is -0.775. The number of hydrogen-bond donors (Lipinski definition) is 1. The lowest BCUT2D eigenvalue weighted by Gasteiger charge is -2.15. The van der Waals surface area contributed by atoms with Crippen LogP contribution < -0.4 is 5.32 Å². The summed E-state index contributed by atoms with van der Waals surface area (Å²) in [6.07, 6.45) is 0.249. The summed E-state index contributed by atoms with van der Waals surface area (Å²) < 4.78 is 13.2. The molecular weight excluding hydrogens is 341 g/mol. The van der Waals surface area contributed by atoms with Crippen LogP contribution >= 0.6 is 11.6 Å². The lowest BCUT2D eigenvalue weighted by Crippen LogP contribution is -2.27. The molecule has 1 atom stereocenters. The number of aryl methyl sites for hydroxylation is 2. The van der Waals surface area contributed by atoms with Crippen molar-refractivity contribution in [3.8, 4) is 0 Å². The first-order chi connectivity index (χ1) is 11.8. The van der Waals surface area contributed by atoms with E-state index in [1.54, 1.807) is 13.0 Å². The molecule has 0 bridgehead atoms. The standard InChI is InChI=1S/C20H21ClFNO2/c1-12-4-5-13(2)16(10-12)19(24)8-9-20(25)23-14(3)15-6-7-18(22)17(21)11-15/h4-7,10-11,14H,8-9H2,1-3H3,(H,23,25). The van der Waals surface area contributed by atoms with Crippen molar-refractivity contribution in [3.05, 3.63) is 69.5 Å². The van der Waals surface area contributed by atoms with Gasteiger partial charge in [-0.1, -0.05) is 35.4 Å². The number of rotatable bonds is 6. The summed E-state index contributed by atoms with van der Waals surface area (Å²) in [6, 6.07) is 9.72. The Labute approximate surface area is 152 Å². The third-order valence-electron chi connectivity index (χ3n) is 4.09. The SMILES string of the molecule is Cc1ccc(C)c(C(=O)CCC(=O)NC(C)c2ccc(F)c(Cl)c2)c1. The number of carbonyl (C=O) groups is 2. The first kappa shape index (κ1) is 19.1. The molecule has 0 fully saturated rings. The van der Waals surface area contributed by atoms with Gasteiger partial charge in [-0.2, -0.15) is 0 Å². The van der Waals surface area contributed by atoms with Crippen LogP contribution in [0.1, 0.15) is 52.9 Å². The number of Topliss-reactive ketones (excluding diaryl/α,β-unsaturated/α-hetero) is 1. The van der Waals surface area contributed by atoms with E-state index in [1.165, 1.54) is 12.1 Å². The molecule has 0 spiro atoms. The minimum atomic E-state index is -0.497. The number of amides is 1. The normalized spacial score (nSPS) is 11.9. The molecular formula is C20H21ClFNO2. The van der Waals surface area contributed by atoms with Crippen molar-refractivity contribution < 1.29 is 14.0 Å². The topological polar surface area (TPSA) is 46.2 Å². The van der Waals surface area contributed by atoms with Gasteiger partial charge in [-0.3, -0.25) is 9.59 Å². The Kier molecular flexibility index (Phi) is 6.32. The third-order valence-corrected chi connectivity index (χ3v) is 4.38. The highest BCUT2D eigenvalue weighted by Crippen LogP contribution is 2.21. The first-order valence-corrected chi connectivity index (χ1v) is 8.50. The Balaban J connectivity index is 1.92. The van der Waals surface area contributed by atoms with Gasteiger partial charge in [-0.15, -0.1) is 0 Å². The number of nitrogens with one attached hydrogen (secondary N) is 1. The van der Waals surface area contributed by atoms with E-state index in [9.17, 15) is 14.0 Å². The average Bonchev–Trinajstić information content (AvgIpc) is 2.57. The summed E-state index contributed by atoms with van der Waals surface area (Å²) in [6.45, 7) is 5.60. The molecule has 0 aromatic heterocycles. The second-order valence-corrected chi connectivity index (χ2v) is 6.61. The number of carbonyl (C=O) groups excluding carboxylic acids is 2. The fourth-order valence-corrected chi connectivity index (χ4v) is 2.77. The Morgan fingerprint density at radius 2 is 1.84 bits per heavy atom. The van der Waals surface area contributed by atoms with Gasteiger partial charge in [0.25, 0.3) is 0 Å². The maximum absolute atomic E-state index is 13.2. The van der Waals surface area contributed by atoms with Gasteiger partial charge in [0, 0.05) is 18.4 Å². The molecule has 132 valence electrons. The molecule has 2 aromatic carbocycles. The van der Waals surface area contributed by atoms with E-state index in [-0.39, 0.29) is 35.6 Å². The van der Waals surface area contributed by atoms with E-state index in [0.29, 0.717) is 11.1 Å². The van der Waals surface area contributed by atoms with Gasteiger partial charge in [0.15, 0.2) is 5.78 Å². The van der Waals surface area contributed by atoms with Crippen molar-refractivity contribution in [2.24, 2.45) is 0 Å². The molecule has 1 unspecified atom stereocenters. The van der Waals surface area contributed by atoms with E-state index >= 15 is 0 Å². The fraction of sp³-hybridized carbons (Fsp3) is 0.300. The van der Waals surface area contributed by atoms with Crippen molar-refractivity contribution in [1.82, 2.24) is 5.32 Å². The van der Waals surface area contributed by atoms with E-state index in [2.05, 4.69) is 5.32 Å². The highest BCUT2D eigenvalue weighted by molar-refractivity contribution is 6.30. The molecule has 0 radical (unpaired) electrons. The smallest absolute Gasteiger partial charge is 0.220 e. The van der Waals surface area contributed by atoms with Crippen molar-refractivity contribution in [3.63, 3.8) is 0 Å². The molecule has 0 saturated heterocycles. The van der Waals surface area contributed by atoms with E-state index < -0.39 is 5.82 Å². The van der Waals surface area contributed by atoms with Crippen molar-refractivity contribution >= 4 is 23.3 Å². The number of ketones is 1. The number of hydrogen-bond acceptors (Lipinski definition) is 2. The highest BCUT2D eigenvalue weighted by Gasteiger charge is 2.15. The zero-order valence-electron chi connectivity index (χ0n) is 14.5. The summed E-state index contributed by atoms with van der Waals surface area (Å²) in [4.78, 5) is 24.4. The lowest BCUT2D eigenvalue weighted by molar-refractivity contribution is -0.121. The molecule has 1 amide bonds. The summed E-state index contributed by atoms with van der Waals surface area (Å²) in [7, 11) is 0. The summed E-state index contributed by atoms with van der Waals surface area (Å²) in [5, 5.41) is 2.82. The first-order valence-electron chi connectivity index (χ1n) is 8.12. The minimum Gasteiger partial charge on any atom is -0.350 e. The predicted molar refractivity (Wildman–Crippen MR) is 97.4 cm³/mol.